The van der Waals surface area contributed by atoms with E-state index in [9.17, 15) is 33.6 Å². The summed E-state index contributed by atoms with van der Waals surface area (Å²) < 4.78 is 55.0. The van der Waals surface area contributed by atoms with Crippen LogP contribution in [0.4, 0.5) is 0 Å². The van der Waals surface area contributed by atoms with Gasteiger partial charge in [-0.3, -0.25) is 33.6 Å². The molecule has 0 spiro atoms. The Morgan fingerprint density at radius 1 is 0.477 bits per heavy atom. The Bertz CT molecular complexity index is 1090. The van der Waals surface area contributed by atoms with E-state index < -0.39 is 116 Å². The van der Waals surface area contributed by atoms with Gasteiger partial charge >= 0.3 is 41.8 Å². The number of ether oxygens (including phenoxy) is 10. The van der Waals surface area contributed by atoms with Crippen molar-refractivity contribution >= 4 is 54.4 Å². The van der Waals surface area contributed by atoms with Crippen molar-refractivity contribution in [2.45, 2.75) is 109 Å². The summed E-state index contributed by atoms with van der Waals surface area (Å²) in [6, 6.07) is 0. The van der Waals surface area contributed by atoms with Gasteiger partial charge in [-0.05, 0) is 0 Å². The lowest BCUT2D eigenvalue weighted by atomic mass is 9.96. The van der Waals surface area contributed by atoms with Crippen LogP contribution in [0.5, 0.6) is 0 Å². The largest absolute Gasteiger partial charge is 0.463 e. The Labute approximate surface area is 257 Å². The maximum absolute atomic E-state index is 12.2. The molecule has 0 radical (unpaired) electrons. The van der Waals surface area contributed by atoms with Crippen molar-refractivity contribution in [3.05, 3.63) is 0 Å². The van der Waals surface area contributed by atoms with Crippen molar-refractivity contribution in [2.24, 2.45) is 0 Å². The van der Waals surface area contributed by atoms with Crippen molar-refractivity contribution in [1.29, 1.82) is 0 Å². The Balaban J connectivity index is 2.66. The fourth-order valence-electron chi connectivity index (χ4n) is 4.49. The first-order chi connectivity index (χ1) is 20.5. The fraction of sp³-hybridized carbons (Fsp3) is 0.731. The highest BCUT2D eigenvalue weighted by atomic mass is 32.1. The molecule has 2 rings (SSSR count). The minimum atomic E-state index is -1.74. The number of carbonyl (C=O) groups is 7. The average molecular weight is 653 g/mol. The number of hydrogen-bond acceptors (Lipinski definition) is 18. The van der Waals surface area contributed by atoms with Gasteiger partial charge in [0, 0.05) is 48.5 Å². The highest BCUT2D eigenvalue weighted by molar-refractivity contribution is 7.80. The standard InChI is InChI=1S/C26H36O17S/c1-10(27)34-8-17-19(36-12(3)29)21(37-13(4)30)23(39-15(6)32)25(41-17)43-20-18(9-35-11(2)28)42-26(44)24(40-16(7)33)22(20)38-14(5)31/h17-26,44H,8-9H2,1-7H3/t17-,18-,19-,20-,21+,22+,23-,24-,25+,26-/m1/s1. The van der Waals surface area contributed by atoms with E-state index in [0.717, 1.165) is 48.5 Å². The third kappa shape index (κ3) is 10.9. The van der Waals surface area contributed by atoms with Gasteiger partial charge in [-0.25, -0.2) is 0 Å². The summed E-state index contributed by atoms with van der Waals surface area (Å²) in [6.07, 6.45) is -13.4. The van der Waals surface area contributed by atoms with E-state index in [1.165, 1.54) is 0 Å². The van der Waals surface area contributed by atoms with Gasteiger partial charge in [0.05, 0.1) is 0 Å². The van der Waals surface area contributed by atoms with E-state index in [1.54, 1.807) is 0 Å². The zero-order valence-corrected chi connectivity index (χ0v) is 26.0. The van der Waals surface area contributed by atoms with Gasteiger partial charge in [0.25, 0.3) is 0 Å². The third-order valence-electron chi connectivity index (χ3n) is 5.90. The van der Waals surface area contributed by atoms with Crippen LogP contribution >= 0.6 is 12.6 Å². The van der Waals surface area contributed by atoms with Gasteiger partial charge in [-0.1, -0.05) is 0 Å². The Hall–Kier alpha value is -3.48. The monoisotopic (exact) mass is 652 g/mol. The molecule has 0 bridgehead atoms. The predicted molar refractivity (Wildman–Crippen MR) is 142 cm³/mol. The zero-order chi connectivity index (χ0) is 33.3. The van der Waals surface area contributed by atoms with Crippen LogP contribution in [-0.2, 0) is 80.9 Å². The van der Waals surface area contributed by atoms with Gasteiger partial charge < -0.3 is 47.4 Å². The Kier molecular flexibility index (Phi) is 13.8. The van der Waals surface area contributed by atoms with Crippen LogP contribution in [0, 0.1) is 0 Å². The van der Waals surface area contributed by atoms with Crippen LogP contribution in [-0.4, -0.2) is 116 Å². The normalized spacial score (nSPS) is 31.5. The van der Waals surface area contributed by atoms with E-state index in [4.69, 9.17) is 47.4 Å². The molecular weight excluding hydrogens is 616 g/mol. The molecule has 18 heteroatoms. The average Bonchev–Trinajstić information content (AvgIpc) is 2.87. The molecule has 17 nitrogen and oxygen atoms in total. The van der Waals surface area contributed by atoms with E-state index in [1.807, 2.05) is 0 Å². The molecule has 44 heavy (non-hydrogen) atoms. The van der Waals surface area contributed by atoms with Gasteiger partial charge in [-0.15, -0.1) is 12.6 Å². The quantitative estimate of drug-likeness (QED) is 0.170. The molecule has 0 amide bonds. The first-order valence-corrected chi connectivity index (χ1v) is 13.8. The molecule has 10 atom stereocenters. The second-order valence-corrected chi connectivity index (χ2v) is 10.2. The molecule has 248 valence electrons. The highest BCUT2D eigenvalue weighted by Gasteiger charge is 2.57. The fourth-order valence-corrected chi connectivity index (χ4v) is 4.88. The molecule has 0 aliphatic carbocycles. The predicted octanol–water partition coefficient (Wildman–Crippen LogP) is -0.464. The molecule has 0 aromatic heterocycles. The molecule has 0 unspecified atom stereocenters. The lowest BCUT2D eigenvalue weighted by Gasteiger charge is -2.48. The van der Waals surface area contributed by atoms with Gasteiger partial charge in [0.1, 0.15) is 37.0 Å². The maximum atomic E-state index is 12.2. The third-order valence-corrected chi connectivity index (χ3v) is 6.32. The van der Waals surface area contributed by atoms with E-state index >= 15 is 0 Å². The van der Waals surface area contributed by atoms with Crippen LogP contribution in [0.25, 0.3) is 0 Å². The SMILES string of the molecule is CC(=O)OC[C@H]1O[C@H](S)[C@H](OC(C)=O)[C@@H](OC(C)=O)[C@@H]1O[C@@H]1O[C@H](COC(C)=O)[C@@H](OC(C)=O)[C@H](OC(C)=O)[C@H]1OC(C)=O. The molecular formula is C26H36O17S. The highest BCUT2D eigenvalue weighted by Crippen LogP contribution is 2.35. The van der Waals surface area contributed by atoms with Crippen molar-refractivity contribution in [2.75, 3.05) is 13.2 Å². The smallest absolute Gasteiger partial charge is 0.303 e. The molecule has 2 fully saturated rings. The van der Waals surface area contributed by atoms with Crippen molar-refractivity contribution in [3.8, 4) is 0 Å². The molecule has 0 N–H and O–H groups in total. The van der Waals surface area contributed by atoms with Crippen LogP contribution in [0.3, 0.4) is 0 Å². The summed E-state index contributed by atoms with van der Waals surface area (Å²) in [6.45, 7) is 6.50. The molecule has 0 saturated carbocycles. The van der Waals surface area contributed by atoms with Crippen molar-refractivity contribution in [1.82, 2.24) is 0 Å². The van der Waals surface area contributed by atoms with Crippen molar-refractivity contribution < 1.29 is 80.9 Å². The molecule has 2 aliphatic rings. The first kappa shape index (κ1) is 36.7. The number of thiol groups is 1. The number of rotatable bonds is 11. The van der Waals surface area contributed by atoms with Crippen LogP contribution in [0.1, 0.15) is 48.5 Å². The molecule has 2 aliphatic heterocycles. The van der Waals surface area contributed by atoms with E-state index in [2.05, 4.69) is 12.6 Å². The first-order valence-electron chi connectivity index (χ1n) is 13.3. The van der Waals surface area contributed by atoms with Gasteiger partial charge in [0.2, 0.25) is 0 Å². The van der Waals surface area contributed by atoms with Gasteiger partial charge in [0.15, 0.2) is 36.8 Å². The number of carbonyl (C=O) groups excluding carboxylic acids is 7. The van der Waals surface area contributed by atoms with E-state index in [0.29, 0.717) is 0 Å². The summed E-state index contributed by atoms with van der Waals surface area (Å²) >= 11 is 4.30. The summed E-state index contributed by atoms with van der Waals surface area (Å²) in [5.74, 6) is -5.69. The number of esters is 7. The van der Waals surface area contributed by atoms with Crippen LogP contribution in [0.15, 0.2) is 0 Å². The lowest BCUT2D eigenvalue weighted by Crippen LogP contribution is -2.66. The maximum Gasteiger partial charge on any atom is 0.303 e. The molecule has 0 aromatic rings. The Morgan fingerprint density at radius 3 is 1.27 bits per heavy atom. The minimum absolute atomic E-state index is 0.479. The Morgan fingerprint density at radius 2 is 0.841 bits per heavy atom. The van der Waals surface area contributed by atoms with Crippen molar-refractivity contribution in [3.63, 3.8) is 0 Å². The van der Waals surface area contributed by atoms with Crippen LogP contribution in [0.2, 0.25) is 0 Å². The topological polar surface area (TPSA) is 212 Å². The van der Waals surface area contributed by atoms with E-state index in [-0.39, 0.29) is 0 Å². The molecule has 2 saturated heterocycles. The number of hydrogen-bond donors (Lipinski definition) is 1. The summed E-state index contributed by atoms with van der Waals surface area (Å²) in [5, 5.41) is 0. The zero-order valence-electron chi connectivity index (χ0n) is 25.1. The lowest BCUT2D eigenvalue weighted by molar-refractivity contribution is -0.341. The second-order valence-electron chi connectivity index (χ2n) is 9.68. The summed E-state index contributed by atoms with van der Waals surface area (Å²) in [5.41, 5.74) is -1.21. The second kappa shape index (κ2) is 16.6. The summed E-state index contributed by atoms with van der Waals surface area (Å²) in [7, 11) is 0. The van der Waals surface area contributed by atoms with Crippen LogP contribution < -0.4 is 0 Å². The minimum Gasteiger partial charge on any atom is -0.463 e. The summed E-state index contributed by atoms with van der Waals surface area (Å²) in [4.78, 5) is 83.7. The molecule has 2 heterocycles. The molecule has 0 aromatic carbocycles. The van der Waals surface area contributed by atoms with Gasteiger partial charge in [-0.2, -0.15) is 0 Å².